The number of nitrogens with one attached hydrogen (secondary N) is 2. The van der Waals surface area contributed by atoms with E-state index in [0.717, 1.165) is 5.56 Å². The van der Waals surface area contributed by atoms with Crippen molar-refractivity contribution in [3.8, 4) is 0 Å². The van der Waals surface area contributed by atoms with Crippen molar-refractivity contribution in [1.82, 2.24) is 15.3 Å². The number of pyridine rings is 2. The van der Waals surface area contributed by atoms with Gasteiger partial charge in [0.25, 0.3) is 5.91 Å². The average Bonchev–Trinajstić information content (AvgIpc) is 2.64. The van der Waals surface area contributed by atoms with Gasteiger partial charge < -0.3 is 10.6 Å². The Morgan fingerprint density at radius 3 is 2.52 bits per heavy atom. The second kappa shape index (κ2) is 7.72. The third-order valence-corrected chi connectivity index (χ3v) is 3.70. The maximum atomic E-state index is 13.2. The number of amides is 1. The molecule has 3 rings (SSSR count). The van der Waals surface area contributed by atoms with Crippen LogP contribution in [0.5, 0.6) is 0 Å². The van der Waals surface area contributed by atoms with Crippen LogP contribution >= 0.6 is 11.6 Å². The van der Waals surface area contributed by atoms with Crippen LogP contribution in [-0.2, 0) is 6.54 Å². The largest absolute Gasteiger partial charge is 0.354 e. The SMILES string of the molecule is O=C(NCc1ccncc1)c1ccc(Nc2ccc(F)c(Cl)c2)cn1. The molecule has 1 aromatic carbocycles. The van der Waals surface area contributed by atoms with Gasteiger partial charge in [0.05, 0.1) is 16.9 Å². The summed E-state index contributed by atoms with van der Waals surface area (Å²) < 4.78 is 13.2. The average molecular weight is 357 g/mol. The van der Waals surface area contributed by atoms with Crippen LogP contribution in [0.25, 0.3) is 0 Å². The third kappa shape index (κ3) is 4.51. The second-order valence-electron chi connectivity index (χ2n) is 5.22. The number of nitrogens with zero attached hydrogens (tertiary/aromatic N) is 2. The van der Waals surface area contributed by atoms with Crippen LogP contribution in [0.15, 0.2) is 61.1 Å². The van der Waals surface area contributed by atoms with E-state index in [1.54, 1.807) is 30.6 Å². The standard InChI is InChI=1S/C18H14ClFN4O/c19-15-9-13(1-3-16(15)20)24-14-2-4-17(22-11-14)18(25)23-10-12-5-7-21-8-6-12/h1-9,11,24H,10H2,(H,23,25). The van der Waals surface area contributed by atoms with E-state index < -0.39 is 5.82 Å². The normalized spacial score (nSPS) is 10.3. The van der Waals surface area contributed by atoms with Crippen LogP contribution in [0, 0.1) is 5.82 Å². The molecule has 126 valence electrons. The molecule has 0 unspecified atom stereocenters. The quantitative estimate of drug-likeness (QED) is 0.726. The molecule has 0 saturated heterocycles. The first-order chi connectivity index (χ1) is 12.1. The molecule has 2 aromatic heterocycles. The Kier molecular flexibility index (Phi) is 5.20. The van der Waals surface area contributed by atoms with Crippen LogP contribution in [0.1, 0.15) is 16.1 Å². The minimum Gasteiger partial charge on any atom is -0.354 e. The maximum absolute atomic E-state index is 13.2. The van der Waals surface area contributed by atoms with Crippen molar-refractivity contribution >= 4 is 28.9 Å². The van der Waals surface area contributed by atoms with E-state index >= 15 is 0 Å². The van der Waals surface area contributed by atoms with E-state index in [2.05, 4.69) is 20.6 Å². The predicted octanol–water partition coefficient (Wildman–Crippen LogP) is 3.94. The van der Waals surface area contributed by atoms with Gasteiger partial charge in [-0.2, -0.15) is 0 Å². The van der Waals surface area contributed by atoms with E-state index in [1.807, 2.05) is 12.1 Å². The molecular formula is C18H14ClFN4O. The zero-order valence-electron chi connectivity index (χ0n) is 13.0. The van der Waals surface area contributed by atoms with Crippen molar-refractivity contribution in [2.45, 2.75) is 6.54 Å². The van der Waals surface area contributed by atoms with Gasteiger partial charge in [0.15, 0.2) is 0 Å². The van der Waals surface area contributed by atoms with Gasteiger partial charge >= 0.3 is 0 Å². The summed E-state index contributed by atoms with van der Waals surface area (Å²) in [6, 6.07) is 11.3. The van der Waals surface area contributed by atoms with E-state index in [4.69, 9.17) is 11.6 Å². The van der Waals surface area contributed by atoms with E-state index in [0.29, 0.717) is 23.6 Å². The number of halogens is 2. The number of aromatic nitrogens is 2. The smallest absolute Gasteiger partial charge is 0.270 e. The Balaban J connectivity index is 1.61. The second-order valence-corrected chi connectivity index (χ2v) is 5.63. The molecule has 5 nitrogen and oxygen atoms in total. The Labute approximate surface area is 148 Å². The Morgan fingerprint density at radius 1 is 1.08 bits per heavy atom. The molecule has 2 heterocycles. The van der Waals surface area contributed by atoms with Crippen molar-refractivity contribution in [3.05, 3.63) is 83.2 Å². The molecule has 3 aromatic rings. The van der Waals surface area contributed by atoms with Crippen molar-refractivity contribution in [1.29, 1.82) is 0 Å². The summed E-state index contributed by atoms with van der Waals surface area (Å²) >= 11 is 5.74. The van der Waals surface area contributed by atoms with Crippen LogP contribution in [-0.4, -0.2) is 15.9 Å². The maximum Gasteiger partial charge on any atom is 0.270 e. The molecule has 0 bridgehead atoms. The fraction of sp³-hybridized carbons (Fsp3) is 0.0556. The Hall–Kier alpha value is -2.99. The zero-order valence-corrected chi connectivity index (χ0v) is 13.8. The summed E-state index contributed by atoms with van der Waals surface area (Å²) in [5.74, 6) is -0.750. The Morgan fingerprint density at radius 2 is 1.84 bits per heavy atom. The van der Waals surface area contributed by atoms with Crippen molar-refractivity contribution < 1.29 is 9.18 Å². The summed E-state index contributed by atoms with van der Waals surface area (Å²) in [7, 11) is 0. The van der Waals surface area contributed by atoms with Crippen molar-refractivity contribution in [2.75, 3.05) is 5.32 Å². The fourth-order valence-electron chi connectivity index (χ4n) is 2.12. The predicted molar refractivity (Wildman–Crippen MR) is 94.3 cm³/mol. The molecule has 7 heteroatoms. The summed E-state index contributed by atoms with van der Waals surface area (Å²) in [5.41, 5.74) is 2.54. The zero-order chi connectivity index (χ0) is 17.6. The minimum atomic E-state index is -0.480. The first-order valence-corrected chi connectivity index (χ1v) is 7.85. The van der Waals surface area contributed by atoms with Gasteiger partial charge in [-0.15, -0.1) is 0 Å². The van der Waals surface area contributed by atoms with Crippen molar-refractivity contribution in [2.24, 2.45) is 0 Å². The van der Waals surface area contributed by atoms with Gasteiger partial charge in [-0.25, -0.2) is 9.37 Å². The minimum absolute atomic E-state index is 0.0325. The topological polar surface area (TPSA) is 66.9 Å². The van der Waals surface area contributed by atoms with Gasteiger partial charge in [-0.05, 0) is 48.0 Å². The molecule has 0 spiro atoms. The summed E-state index contributed by atoms with van der Waals surface area (Å²) in [4.78, 5) is 20.2. The highest BCUT2D eigenvalue weighted by Crippen LogP contribution is 2.22. The third-order valence-electron chi connectivity index (χ3n) is 3.41. The van der Waals surface area contributed by atoms with Crippen molar-refractivity contribution in [3.63, 3.8) is 0 Å². The molecule has 0 aliphatic heterocycles. The van der Waals surface area contributed by atoms with Crippen LogP contribution < -0.4 is 10.6 Å². The van der Waals surface area contributed by atoms with Crippen LogP contribution in [0.2, 0.25) is 5.02 Å². The number of carbonyl (C=O) groups excluding carboxylic acids is 1. The monoisotopic (exact) mass is 356 g/mol. The first-order valence-electron chi connectivity index (χ1n) is 7.47. The molecule has 0 atom stereocenters. The number of rotatable bonds is 5. The number of benzene rings is 1. The van der Waals surface area contributed by atoms with Gasteiger partial charge in [-0.1, -0.05) is 11.6 Å². The summed E-state index contributed by atoms with van der Waals surface area (Å²) in [6.45, 7) is 0.400. The molecule has 1 amide bonds. The first kappa shape index (κ1) is 16.9. The molecule has 0 aliphatic rings. The van der Waals surface area contributed by atoms with Gasteiger partial charge in [0.2, 0.25) is 0 Å². The van der Waals surface area contributed by atoms with Crippen LogP contribution in [0.4, 0.5) is 15.8 Å². The van der Waals surface area contributed by atoms with E-state index in [9.17, 15) is 9.18 Å². The molecule has 0 saturated carbocycles. The summed E-state index contributed by atoms with van der Waals surface area (Å²) in [5, 5.41) is 5.87. The fourth-order valence-corrected chi connectivity index (χ4v) is 2.30. The highest BCUT2D eigenvalue weighted by Gasteiger charge is 2.07. The lowest BCUT2D eigenvalue weighted by Crippen LogP contribution is -2.23. The highest BCUT2D eigenvalue weighted by molar-refractivity contribution is 6.31. The lowest BCUT2D eigenvalue weighted by molar-refractivity contribution is 0.0946. The van der Waals surface area contributed by atoms with Gasteiger partial charge in [0, 0.05) is 24.6 Å². The van der Waals surface area contributed by atoms with Gasteiger partial charge in [0.1, 0.15) is 11.5 Å². The molecule has 2 N–H and O–H groups in total. The molecule has 0 fully saturated rings. The highest BCUT2D eigenvalue weighted by atomic mass is 35.5. The molecule has 0 aliphatic carbocycles. The number of carbonyl (C=O) groups is 1. The lowest BCUT2D eigenvalue weighted by Gasteiger charge is -2.08. The van der Waals surface area contributed by atoms with E-state index in [1.165, 1.54) is 18.3 Å². The molecule has 0 radical (unpaired) electrons. The lowest BCUT2D eigenvalue weighted by atomic mass is 10.2. The Bertz CT molecular complexity index is 872. The number of hydrogen-bond acceptors (Lipinski definition) is 4. The molecular weight excluding hydrogens is 343 g/mol. The molecule has 25 heavy (non-hydrogen) atoms. The summed E-state index contributed by atoms with van der Waals surface area (Å²) in [6.07, 6.45) is 4.86. The number of hydrogen-bond donors (Lipinski definition) is 2. The van der Waals surface area contributed by atoms with E-state index in [-0.39, 0.29) is 10.9 Å². The number of anilines is 2. The van der Waals surface area contributed by atoms with Crippen LogP contribution in [0.3, 0.4) is 0 Å². The van der Waals surface area contributed by atoms with Gasteiger partial charge in [-0.3, -0.25) is 9.78 Å².